The number of amides is 1. The summed E-state index contributed by atoms with van der Waals surface area (Å²) in [6.45, 7) is 2.58. The van der Waals surface area contributed by atoms with Gasteiger partial charge >= 0.3 is 5.97 Å². The number of carbonyl (C=O) groups excluding carboxylic acids is 1. The maximum atomic E-state index is 12.0. The molecule has 1 saturated carbocycles. The molecule has 2 rings (SSSR count). The topological polar surface area (TPSA) is 60.9 Å². The number of hydrogen-bond acceptors (Lipinski definition) is 3. The number of aliphatic carboxylic acids is 1. The fraction of sp³-hybridized carbons (Fsp3) is 0.846. The van der Waals surface area contributed by atoms with Crippen LogP contribution in [0.4, 0.5) is 0 Å². The second-order valence-corrected chi connectivity index (χ2v) is 5.63. The van der Waals surface area contributed by atoms with Crippen molar-refractivity contribution in [1.29, 1.82) is 0 Å². The fourth-order valence-electron chi connectivity index (χ4n) is 2.50. The predicted octanol–water partition coefficient (Wildman–Crippen LogP) is 0.651. The molecule has 1 atom stereocenters. The average Bonchev–Trinajstić information content (AvgIpc) is 3.13. The quantitative estimate of drug-likeness (QED) is 0.782. The molecular weight excluding hydrogens is 232 g/mol. The molecule has 1 heterocycles. The number of likely N-dealkylation sites (N-methyl/N-ethyl adjacent to an activating group) is 1. The third-order valence-electron chi connectivity index (χ3n) is 3.87. The fourth-order valence-corrected chi connectivity index (χ4v) is 2.50. The summed E-state index contributed by atoms with van der Waals surface area (Å²) in [5.74, 6) is -0.223. The summed E-state index contributed by atoms with van der Waals surface area (Å²) in [4.78, 5) is 26.7. The highest BCUT2D eigenvalue weighted by atomic mass is 16.4. The van der Waals surface area contributed by atoms with Gasteiger partial charge in [-0.15, -0.1) is 0 Å². The van der Waals surface area contributed by atoms with E-state index in [2.05, 4.69) is 0 Å². The van der Waals surface area contributed by atoms with E-state index in [0.717, 1.165) is 25.9 Å². The number of carboxylic acid groups (broad SMARTS) is 1. The van der Waals surface area contributed by atoms with E-state index in [1.807, 2.05) is 11.9 Å². The largest absolute Gasteiger partial charge is 0.481 e. The van der Waals surface area contributed by atoms with Crippen molar-refractivity contribution >= 4 is 11.9 Å². The standard InChI is InChI=1S/C13H22N2O3/c1-14(7-10-4-5-10)12(16)9-15-6-2-3-11(8-15)13(17)18/h10-11H,2-9H2,1H3,(H,17,18). The molecule has 1 unspecified atom stereocenters. The van der Waals surface area contributed by atoms with Gasteiger partial charge in [0.15, 0.2) is 0 Å². The monoisotopic (exact) mass is 254 g/mol. The molecule has 2 fully saturated rings. The second-order valence-electron chi connectivity index (χ2n) is 5.63. The number of carboxylic acids is 1. The molecule has 18 heavy (non-hydrogen) atoms. The average molecular weight is 254 g/mol. The minimum Gasteiger partial charge on any atom is -0.481 e. The summed E-state index contributed by atoms with van der Waals surface area (Å²) in [6, 6.07) is 0. The Bertz CT molecular complexity index is 328. The number of piperidine rings is 1. The molecular formula is C13H22N2O3. The Morgan fingerprint density at radius 2 is 2.06 bits per heavy atom. The molecule has 0 aromatic carbocycles. The van der Waals surface area contributed by atoms with Crippen LogP contribution in [0.3, 0.4) is 0 Å². The SMILES string of the molecule is CN(CC1CC1)C(=O)CN1CCCC(C(=O)O)C1. The summed E-state index contributed by atoms with van der Waals surface area (Å²) >= 11 is 0. The molecule has 5 nitrogen and oxygen atoms in total. The lowest BCUT2D eigenvalue weighted by molar-refractivity contribution is -0.144. The molecule has 1 aliphatic carbocycles. The van der Waals surface area contributed by atoms with Gasteiger partial charge in [-0.3, -0.25) is 14.5 Å². The lowest BCUT2D eigenvalue weighted by atomic mass is 9.98. The van der Waals surface area contributed by atoms with Crippen molar-refractivity contribution in [1.82, 2.24) is 9.80 Å². The van der Waals surface area contributed by atoms with E-state index < -0.39 is 5.97 Å². The van der Waals surface area contributed by atoms with Crippen molar-refractivity contribution in [3.05, 3.63) is 0 Å². The zero-order valence-electron chi connectivity index (χ0n) is 11.0. The minimum atomic E-state index is -0.738. The Kier molecular flexibility index (Phi) is 4.22. The van der Waals surface area contributed by atoms with Crippen molar-refractivity contribution in [2.45, 2.75) is 25.7 Å². The molecule has 1 N–H and O–H groups in total. The van der Waals surface area contributed by atoms with Crippen LogP contribution in [0.25, 0.3) is 0 Å². The van der Waals surface area contributed by atoms with E-state index in [-0.39, 0.29) is 11.8 Å². The van der Waals surface area contributed by atoms with Gasteiger partial charge in [0.2, 0.25) is 5.91 Å². The zero-order valence-corrected chi connectivity index (χ0v) is 11.0. The van der Waals surface area contributed by atoms with Crippen LogP contribution in [0.1, 0.15) is 25.7 Å². The molecule has 0 aromatic rings. The molecule has 5 heteroatoms. The first-order valence-electron chi connectivity index (χ1n) is 6.75. The predicted molar refractivity (Wildman–Crippen MR) is 67.2 cm³/mol. The van der Waals surface area contributed by atoms with Gasteiger partial charge in [-0.1, -0.05) is 0 Å². The Morgan fingerprint density at radius 1 is 1.33 bits per heavy atom. The number of rotatable bonds is 5. The second kappa shape index (κ2) is 5.69. The normalized spacial score (nSPS) is 24.8. The highest BCUT2D eigenvalue weighted by molar-refractivity contribution is 5.78. The van der Waals surface area contributed by atoms with Crippen LogP contribution in [0, 0.1) is 11.8 Å². The Labute approximate surface area is 108 Å². The van der Waals surface area contributed by atoms with Crippen molar-refractivity contribution < 1.29 is 14.7 Å². The first-order valence-corrected chi connectivity index (χ1v) is 6.75. The van der Waals surface area contributed by atoms with E-state index in [1.54, 1.807) is 4.90 Å². The molecule has 0 aromatic heterocycles. The third kappa shape index (κ3) is 3.70. The van der Waals surface area contributed by atoms with E-state index in [4.69, 9.17) is 5.11 Å². The number of nitrogens with zero attached hydrogens (tertiary/aromatic N) is 2. The number of likely N-dealkylation sites (tertiary alicyclic amines) is 1. The van der Waals surface area contributed by atoms with Crippen LogP contribution >= 0.6 is 0 Å². The van der Waals surface area contributed by atoms with Crippen LogP contribution in [0.5, 0.6) is 0 Å². The van der Waals surface area contributed by atoms with Gasteiger partial charge in [-0.2, -0.15) is 0 Å². The molecule has 0 bridgehead atoms. The van der Waals surface area contributed by atoms with Crippen molar-refractivity contribution in [3.8, 4) is 0 Å². The number of hydrogen-bond donors (Lipinski definition) is 1. The zero-order chi connectivity index (χ0) is 13.1. The Balaban J connectivity index is 1.76. The highest BCUT2D eigenvalue weighted by Crippen LogP contribution is 2.29. The molecule has 2 aliphatic rings. The molecule has 0 radical (unpaired) electrons. The molecule has 1 saturated heterocycles. The smallest absolute Gasteiger partial charge is 0.307 e. The summed E-state index contributed by atoms with van der Waals surface area (Å²) in [5.41, 5.74) is 0. The maximum Gasteiger partial charge on any atom is 0.307 e. The Hall–Kier alpha value is -1.10. The van der Waals surface area contributed by atoms with Crippen LogP contribution in [-0.4, -0.2) is 60.0 Å². The summed E-state index contributed by atoms with van der Waals surface area (Å²) in [7, 11) is 1.85. The van der Waals surface area contributed by atoms with Crippen molar-refractivity contribution in [2.75, 3.05) is 33.2 Å². The Morgan fingerprint density at radius 3 is 2.67 bits per heavy atom. The van der Waals surface area contributed by atoms with E-state index >= 15 is 0 Å². The highest BCUT2D eigenvalue weighted by Gasteiger charge is 2.28. The van der Waals surface area contributed by atoms with E-state index in [1.165, 1.54) is 12.8 Å². The summed E-state index contributed by atoms with van der Waals surface area (Å²) in [5, 5.41) is 9.00. The lowest BCUT2D eigenvalue weighted by Crippen LogP contribution is -2.45. The van der Waals surface area contributed by atoms with Crippen LogP contribution in [-0.2, 0) is 9.59 Å². The minimum absolute atomic E-state index is 0.118. The van der Waals surface area contributed by atoms with Gasteiger partial charge in [0.1, 0.15) is 0 Å². The van der Waals surface area contributed by atoms with E-state index in [0.29, 0.717) is 19.0 Å². The van der Waals surface area contributed by atoms with Crippen LogP contribution < -0.4 is 0 Å². The van der Waals surface area contributed by atoms with Crippen LogP contribution in [0.15, 0.2) is 0 Å². The molecule has 1 aliphatic heterocycles. The van der Waals surface area contributed by atoms with Gasteiger partial charge in [-0.25, -0.2) is 0 Å². The van der Waals surface area contributed by atoms with Crippen molar-refractivity contribution in [2.24, 2.45) is 11.8 Å². The first-order chi connectivity index (χ1) is 8.56. The van der Waals surface area contributed by atoms with Gasteiger partial charge in [0.25, 0.3) is 0 Å². The van der Waals surface area contributed by atoms with Gasteiger partial charge in [-0.05, 0) is 38.1 Å². The van der Waals surface area contributed by atoms with Crippen molar-refractivity contribution in [3.63, 3.8) is 0 Å². The van der Waals surface area contributed by atoms with Gasteiger partial charge in [0, 0.05) is 20.1 Å². The van der Waals surface area contributed by atoms with E-state index in [9.17, 15) is 9.59 Å². The van der Waals surface area contributed by atoms with Gasteiger partial charge < -0.3 is 10.0 Å². The summed E-state index contributed by atoms with van der Waals surface area (Å²) < 4.78 is 0. The summed E-state index contributed by atoms with van der Waals surface area (Å²) in [6.07, 6.45) is 4.08. The van der Waals surface area contributed by atoms with Crippen LogP contribution in [0.2, 0.25) is 0 Å². The lowest BCUT2D eigenvalue weighted by Gasteiger charge is -2.31. The molecule has 102 valence electrons. The first kappa shape index (κ1) is 13.3. The third-order valence-corrected chi connectivity index (χ3v) is 3.87. The van der Waals surface area contributed by atoms with Gasteiger partial charge in [0.05, 0.1) is 12.5 Å². The molecule has 0 spiro atoms. The molecule has 1 amide bonds. The number of carbonyl (C=O) groups is 2. The maximum absolute atomic E-state index is 12.0.